The van der Waals surface area contributed by atoms with E-state index in [-0.39, 0.29) is 16.9 Å². The predicted molar refractivity (Wildman–Crippen MR) is 72.7 cm³/mol. The van der Waals surface area contributed by atoms with Crippen LogP contribution in [-0.2, 0) is 12.4 Å². The molecule has 3 rings (SSSR count). The Bertz CT molecular complexity index is 637. The summed E-state index contributed by atoms with van der Waals surface area (Å²) in [5.41, 5.74) is -0.904. The fourth-order valence-corrected chi connectivity index (χ4v) is 3.25. The van der Waals surface area contributed by atoms with Crippen LogP contribution in [0.4, 0.5) is 31.5 Å². The van der Waals surface area contributed by atoms with Gasteiger partial charge in [0.1, 0.15) is 11.5 Å². The highest BCUT2D eigenvalue weighted by molar-refractivity contribution is 7.15. The second-order valence-electron chi connectivity index (χ2n) is 5.33. The lowest BCUT2D eigenvalue weighted by molar-refractivity contribution is -0.141. The Morgan fingerprint density at radius 3 is 2.21 bits per heavy atom. The molecule has 2 aromatic rings. The number of hydrogen-bond acceptors (Lipinski definition) is 5. The summed E-state index contributed by atoms with van der Waals surface area (Å²) in [6, 6.07) is 0. The number of hydrogen-bond donors (Lipinski definition) is 1. The van der Waals surface area contributed by atoms with Gasteiger partial charge >= 0.3 is 12.4 Å². The molecule has 0 aliphatic carbocycles. The van der Waals surface area contributed by atoms with Crippen molar-refractivity contribution in [2.75, 3.05) is 18.0 Å². The molecule has 0 radical (unpaired) electrons. The van der Waals surface area contributed by atoms with Crippen molar-refractivity contribution in [2.24, 2.45) is 0 Å². The Balaban J connectivity index is 1.64. The van der Waals surface area contributed by atoms with Crippen molar-refractivity contribution >= 4 is 16.5 Å². The highest BCUT2D eigenvalue weighted by Crippen LogP contribution is 2.37. The van der Waals surface area contributed by atoms with Crippen molar-refractivity contribution in [1.82, 2.24) is 20.2 Å². The van der Waals surface area contributed by atoms with Crippen LogP contribution in [0.1, 0.15) is 35.3 Å². The summed E-state index contributed by atoms with van der Waals surface area (Å²) in [6.45, 7) is 0.748. The highest BCUT2D eigenvalue weighted by Gasteiger charge is 2.37. The molecule has 1 N–H and O–H groups in total. The maximum absolute atomic E-state index is 12.6. The van der Waals surface area contributed by atoms with Gasteiger partial charge in [-0.3, -0.25) is 0 Å². The minimum absolute atomic E-state index is 0.163. The molecule has 0 aromatic carbocycles. The Hall–Kier alpha value is -1.85. The third kappa shape index (κ3) is 3.47. The summed E-state index contributed by atoms with van der Waals surface area (Å²) in [7, 11) is 0. The van der Waals surface area contributed by atoms with E-state index in [4.69, 9.17) is 0 Å². The summed E-state index contributed by atoms with van der Waals surface area (Å²) < 4.78 is 75.3. The van der Waals surface area contributed by atoms with Crippen LogP contribution in [0.15, 0.2) is 6.20 Å². The van der Waals surface area contributed by atoms with Gasteiger partial charge in [-0.1, -0.05) is 11.3 Å². The summed E-state index contributed by atoms with van der Waals surface area (Å²) >= 11 is 0.457. The minimum atomic E-state index is -4.53. The third-order valence-corrected chi connectivity index (χ3v) is 4.74. The molecule has 0 spiro atoms. The number of alkyl halides is 6. The molecule has 1 saturated heterocycles. The normalized spacial score (nSPS) is 17.5. The van der Waals surface area contributed by atoms with Crippen LogP contribution in [-0.4, -0.2) is 33.3 Å². The largest absolute Gasteiger partial charge is 0.445 e. The van der Waals surface area contributed by atoms with E-state index in [9.17, 15) is 26.3 Å². The first-order chi connectivity index (χ1) is 11.1. The SMILES string of the molecule is FC(F)(F)c1cnc(C2CCN(c3nnc(C(F)(F)F)s3)CC2)[nH]1. The van der Waals surface area contributed by atoms with Crippen LogP contribution in [0.25, 0.3) is 0 Å². The quantitative estimate of drug-likeness (QED) is 0.819. The summed E-state index contributed by atoms with van der Waals surface area (Å²) in [4.78, 5) is 7.69. The fraction of sp³-hybridized carbons (Fsp3) is 0.583. The molecule has 0 saturated carbocycles. The van der Waals surface area contributed by atoms with Gasteiger partial charge in [0.2, 0.25) is 10.1 Å². The number of rotatable bonds is 2. The zero-order valence-corrected chi connectivity index (χ0v) is 12.8. The van der Waals surface area contributed by atoms with E-state index >= 15 is 0 Å². The average molecular weight is 371 g/mol. The van der Waals surface area contributed by atoms with Crippen LogP contribution in [0.2, 0.25) is 0 Å². The van der Waals surface area contributed by atoms with Crippen molar-refractivity contribution < 1.29 is 26.3 Å². The Morgan fingerprint density at radius 1 is 1.04 bits per heavy atom. The van der Waals surface area contributed by atoms with Crippen LogP contribution in [0.5, 0.6) is 0 Å². The van der Waals surface area contributed by atoms with Crippen molar-refractivity contribution in [3.8, 4) is 0 Å². The number of anilines is 1. The molecule has 1 aliphatic rings. The van der Waals surface area contributed by atoms with Crippen molar-refractivity contribution in [2.45, 2.75) is 31.1 Å². The number of aromatic nitrogens is 4. The van der Waals surface area contributed by atoms with E-state index < -0.39 is 23.1 Å². The molecule has 2 aromatic heterocycles. The van der Waals surface area contributed by atoms with E-state index in [2.05, 4.69) is 20.2 Å². The van der Waals surface area contributed by atoms with Gasteiger partial charge in [0.05, 0.1) is 6.20 Å². The van der Waals surface area contributed by atoms with E-state index in [1.54, 1.807) is 4.90 Å². The van der Waals surface area contributed by atoms with E-state index in [0.717, 1.165) is 6.20 Å². The van der Waals surface area contributed by atoms with Gasteiger partial charge in [-0.05, 0) is 12.8 Å². The summed E-state index contributed by atoms with van der Waals surface area (Å²) in [5, 5.41) is 5.82. The minimum Gasteiger partial charge on any atom is -0.347 e. The smallest absolute Gasteiger partial charge is 0.347 e. The van der Waals surface area contributed by atoms with Gasteiger partial charge in [0, 0.05) is 19.0 Å². The number of H-pyrrole nitrogens is 1. The standard InChI is InChI=1S/C12H11F6N5S/c13-11(14,15)7-5-19-8(20-7)6-1-3-23(4-2-6)10-22-21-9(24-10)12(16,17)18/h5-6H,1-4H2,(H,19,20). The molecule has 12 heteroatoms. The van der Waals surface area contributed by atoms with Gasteiger partial charge < -0.3 is 9.88 Å². The molecule has 0 atom stereocenters. The number of halogens is 6. The van der Waals surface area contributed by atoms with Crippen molar-refractivity contribution in [3.63, 3.8) is 0 Å². The number of piperidine rings is 1. The number of nitrogens with zero attached hydrogens (tertiary/aromatic N) is 4. The Kier molecular flexibility index (Phi) is 4.18. The first-order valence-corrected chi connectivity index (χ1v) is 7.74. The van der Waals surface area contributed by atoms with E-state index in [0.29, 0.717) is 37.3 Å². The monoisotopic (exact) mass is 371 g/mol. The molecule has 24 heavy (non-hydrogen) atoms. The summed E-state index contributed by atoms with van der Waals surface area (Å²) in [5.74, 6) is 0.0441. The predicted octanol–water partition coefficient (Wildman–Crippen LogP) is 3.68. The molecule has 0 amide bonds. The van der Waals surface area contributed by atoms with Gasteiger partial charge in [-0.25, -0.2) is 4.98 Å². The lowest BCUT2D eigenvalue weighted by Gasteiger charge is -2.30. The van der Waals surface area contributed by atoms with Gasteiger partial charge in [0.25, 0.3) is 0 Å². The number of nitrogens with one attached hydrogen (secondary N) is 1. The molecule has 1 aliphatic heterocycles. The van der Waals surface area contributed by atoms with Gasteiger partial charge in [0.15, 0.2) is 0 Å². The average Bonchev–Trinajstić information content (AvgIpc) is 3.16. The molecule has 132 valence electrons. The molecule has 3 heterocycles. The topological polar surface area (TPSA) is 57.7 Å². The Morgan fingerprint density at radius 2 is 1.71 bits per heavy atom. The molecule has 0 bridgehead atoms. The molecular formula is C12H11F6N5S. The highest BCUT2D eigenvalue weighted by atomic mass is 32.1. The first kappa shape index (κ1) is 17.0. The van der Waals surface area contributed by atoms with Crippen LogP contribution < -0.4 is 4.90 Å². The number of aromatic amines is 1. The van der Waals surface area contributed by atoms with Crippen LogP contribution in [0.3, 0.4) is 0 Å². The van der Waals surface area contributed by atoms with Crippen LogP contribution >= 0.6 is 11.3 Å². The molecule has 0 unspecified atom stereocenters. The van der Waals surface area contributed by atoms with E-state index in [1.165, 1.54) is 0 Å². The maximum Gasteiger partial charge on any atom is 0.445 e. The molecular weight excluding hydrogens is 360 g/mol. The maximum atomic E-state index is 12.6. The lowest BCUT2D eigenvalue weighted by atomic mass is 9.96. The number of imidazole rings is 1. The lowest BCUT2D eigenvalue weighted by Crippen LogP contribution is -2.33. The van der Waals surface area contributed by atoms with Crippen LogP contribution in [0, 0.1) is 0 Å². The van der Waals surface area contributed by atoms with Gasteiger partial charge in [-0.2, -0.15) is 26.3 Å². The zero-order chi connectivity index (χ0) is 17.5. The third-order valence-electron chi connectivity index (χ3n) is 3.71. The first-order valence-electron chi connectivity index (χ1n) is 6.92. The zero-order valence-electron chi connectivity index (χ0n) is 11.9. The second-order valence-corrected chi connectivity index (χ2v) is 6.28. The Labute approximate surface area is 135 Å². The van der Waals surface area contributed by atoms with Gasteiger partial charge in [-0.15, -0.1) is 10.2 Å². The molecule has 5 nitrogen and oxygen atoms in total. The fourth-order valence-electron chi connectivity index (χ4n) is 2.49. The molecule has 1 fully saturated rings. The summed E-state index contributed by atoms with van der Waals surface area (Å²) in [6.07, 6.45) is -7.33. The van der Waals surface area contributed by atoms with Crippen molar-refractivity contribution in [3.05, 3.63) is 22.7 Å². The second kappa shape index (κ2) is 5.90. The van der Waals surface area contributed by atoms with E-state index in [1.807, 2.05) is 0 Å². The van der Waals surface area contributed by atoms with Crippen molar-refractivity contribution in [1.29, 1.82) is 0 Å².